The molecular weight excluding hydrogens is 186 g/mol. The van der Waals surface area contributed by atoms with Crippen LogP contribution in [0, 0.1) is 0 Å². The van der Waals surface area contributed by atoms with Gasteiger partial charge in [0.25, 0.3) is 0 Å². The van der Waals surface area contributed by atoms with Gasteiger partial charge in [-0.25, -0.2) is 0 Å². The summed E-state index contributed by atoms with van der Waals surface area (Å²) >= 11 is 5.80. The van der Waals surface area contributed by atoms with Gasteiger partial charge in [-0.1, -0.05) is 23.7 Å². The lowest BCUT2D eigenvalue weighted by Crippen LogP contribution is -2.09. The molecule has 1 aromatic rings. The highest BCUT2D eigenvalue weighted by Gasteiger charge is 2.07. The lowest BCUT2D eigenvalue weighted by atomic mass is 10.0. The molecule has 0 aliphatic heterocycles. The maximum absolute atomic E-state index is 9.02. The summed E-state index contributed by atoms with van der Waals surface area (Å²) in [5.74, 6) is 0. The molecule has 0 unspecified atom stereocenters. The van der Waals surface area contributed by atoms with Gasteiger partial charge in [-0.2, -0.15) is 0 Å². The van der Waals surface area contributed by atoms with E-state index in [9.17, 15) is 0 Å². The van der Waals surface area contributed by atoms with Crippen LogP contribution in [0.25, 0.3) is 0 Å². The van der Waals surface area contributed by atoms with Crippen molar-refractivity contribution in [1.29, 1.82) is 0 Å². The average molecular weight is 198 g/mol. The van der Waals surface area contributed by atoms with E-state index in [2.05, 4.69) is 6.58 Å². The zero-order chi connectivity index (χ0) is 9.84. The lowest BCUT2D eigenvalue weighted by molar-refractivity contribution is 0.280. The number of hydrogen-bond donors (Lipinski definition) is 2. The Morgan fingerprint density at radius 1 is 1.62 bits per heavy atom. The van der Waals surface area contributed by atoms with Crippen LogP contribution in [0.4, 0.5) is 0 Å². The van der Waals surface area contributed by atoms with Crippen LogP contribution in [0.1, 0.15) is 17.2 Å². The van der Waals surface area contributed by atoms with E-state index in [0.717, 1.165) is 11.1 Å². The van der Waals surface area contributed by atoms with Crippen molar-refractivity contribution in [3.8, 4) is 0 Å². The molecule has 0 aromatic heterocycles. The van der Waals surface area contributed by atoms with Gasteiger partial charge in [0, 0.05) is 11.1 Å². The van der Waals surface area contributed by atoms with Gasteiger partial charge in [-0.15, -0.1) is 6.58 Å². The molecule has 0 radical (unpaired) electrons. The normalized spacial score (nSPS) is 12.5. The first-order chi connectivity index (χ1) is 6.19. The van der Waals surface area contributed by atoms with E-state index in [0.29, 0.717) is 5.02 Å². The molecule has 3 N–H and O–H groups in total. The lowest BCUT2D eigenvalue weighted by Gasteiger charge is -2.11. The van der Waals surface area contributed by atoms with Crippen LogP contribution in [0.15, 0.2) is 30.9 Å². The molecule has 0 fully saturated rings. The molecule has 0 aliphatic carbocycles. The second kappa shape index (κ2) is 4.42. The standard InChI is InChI=1S/C10H12ClNO/c1-2-10(12)9-5-8(11)4-3-7(9)6-13/h2-5,10,13H,1,6,12H2/t10-/m1/s1. The van der Waals surface area contributed by atoms with E-state index in [1.807, 2.05) is 0 Å². The maximum atomic E-state index is 9.02. The molecule has 0 saturated heterocycles. The summed E-state index contributed by atoms with van der Waals surface area (Å²) in [5.41, 5.74) is 7.36. The fraction of sp³-hybridized carbons (Fsp3) is 0.200. The van der Waals surface area contributed by atoms with Crippen molar-refractivity contribution in [2.24, 2.45) is 5.73 Å². The molecule has 2 nitrogen and oxygen atoms in total. The largest absolute Gasteiger partial charge is 0.392 e. The minimum absolute atomic E-state index is 0.0337. The molecule has 1 atom stereocenters. The SMILES string of the molecule is C=C[C@@H](N)c1cc(Cl)ccc1CO. The Morgan fingerprint density at radius 2 is 2.31 bits per heavy atom. The van der Waals surface area contributed by atoms with Crippen molar-refractivity contribution in [2.45, 2.75) is 12.6 Å². The third-order valence-electron chi connectivity index (χ3n) is 1.89. The Balaban J connectivity index is 3.14. The average Bonchev–Trinajstić information content (AvgIpc) is 2.16. The Bertz CT molecular complexity index is 312. The summed E-state index contributed by atoms with van der Waals surface area (Å²) in [6, 6.07) is 4.97. The first-order valence-corrected chi connectivity index (χ1v) is 4.34. The first kappa shape index (κ1) is 10.3. The minimum atomic E-state index is -0.277. The van der Waals surface area contributed by atoms with E-state index in [1.54, 1.807) is 24.3 Å². The second-order valence-corrected chi connectivity index (χ2v) is 3.20. The highest BCUT2D eigenvalue weighted by molar-refractivity contribution is 6.30. The van der Waals surface area contributed by atoms with E-state index in [1.165, 1.54) is 0 Å². The Kier molecular flexibility index (Phi) is 3.48. The number of rotatable bonds is 3. The Hall–Kier alpha value is -0.830. The van der Waals surface area contributed by atoms with Gasteiger partial charge in [0.2, 0.25) is 0 Å². The fourth-order valence-corrected chi connectivity index (χ4v) is 1.33. The molecule has 3 heteroatoms. The highest BCUT2D eigenvalue weighted by atomic mass is 35.5. The van der Waals surface area contributed by atoms with Gasteiger partial charge < -0.3 is 10.8 Å². The summed E-state index contributed by atoms with van der Waals surface area (Å²) in [5, 5.41) is 9.64. The van der Waals surface area contributed by atoms with Crippen molar-refractivity contribution in [1.82, 2.24) is 0 Å². The predicted octanol–water partition coefficient (Wildman–Crippen LogP) is 2.02. The maximum Gasteiger partial charge on any atom is 0.0685 e. The smallest absolute Gasteiger partial charge is 0.0685 e. The van der Waals surface area contributed by atoms with Crippen molar-refractivity contribution in [3.05, 3.63) is 47.0 Å². The number of halogens is 1. The highest BCUT2D eigenvalue weighted by Crippen LogP contribution is 2.21. The molecule has 0 amide bonds. The van der Waals surface area contributed by atoms with Gasteiger partial charge in [0.1, 0.15) is 0 Å². The van der Waals surface area contributed by atoms with Crippen LogP contribution in [0.2, 0.25) is 5.02 Å². The molecule has 13 heavy (non-hydrogen) atoms. The van der Waals surface area contributed by atoms with Crippen LogP contribution in [0.5, 0.6) is 0 Å². The topological polar surface area (TPSA) is 46.2 Å². The van der Waals surface area contributed by atoms with Crippen molar-refractivity contribution < 1.29 is 5.11 Å². The van der Waals surface area contributed by atoms with E-state index in [4.69, 9.17) is 22.4 Å². The summed E-state index contributed by atoms with van der Waals surface area (Å²) in [6.07, 6.45) is 1.62. The zero-order valence-corrected chi connectivity index (χ0v) is 7.96. The molecule has 0 bridgehead atoms. The van der Waals surface area contributed by atoms with Crippen LogP contribution in [0.3, 0.4) is 0 Å². The molecule has 0 heterocycles. The molecule has 70 valence electrons. The minimum Gasteiger partial charge on any atom is -0.392 e. The van der Waals surface area contributed by atoms with Gasteiger partial charge in [0.05, 0.1) is 6.61 Å². The fourth-order valence-electron chi connectivity index (χ4n) is 1.15. The van der Waals surface area contributed by atoms with Gasteiger partial charge in [0.15, 0.2) is 0 Å². The Labute approximate surface area is 82.6 Å². The van der Waals surface area contributed by atoms with Gasteiger partial charge >= 0.3 is 0 Å². The zero-order valence-electron chi connectivity index (χ0n) is 7.20. The number of benzene rings is 1. The van der Waals surface area contributed by atoms with E-state index < -0.39 is 0 Å². The first-order valence-electron chi connectivity index (χ1n) is 3.96. The number of hydrogen-bond acceptors (Lipinski definition) is 2. The van der Waals surface area contributed by atoms with Gasteiger partial charge in [-0.3, -0.25) is 0 Å². The molecule has 0 saturated carbocycles. The van der Waals surface area contributed by atoms with Crippen LogP contribution < -0.4 is 5.73 Å². The molecular formula is C10H12ClNO. The summed E-state index contributed by atoms with van der Waals surface area (Å²) in [7, 11) is 0. The van der Waals surface area contributed by atoms with E-state index in [-0.39, 0.29) is 12.6 Å². The Morgan fingerprint density at radius 3 is 2.85 bits per heavy atom. The van der Waals surface area contributed by atoms with Crippen LogP contribution in [-0.2, 0) is 6.61 Å². The third-order valence-corrected chi connectivity index (χ3v) is 2.13. The quantitative estimate of drug-likeness (QED) is 0.729. The summed E-state index contributed by atoms with van der Waals surface area (Å²) < 4.78 is 0. The van der Waals surface area contributed by atoms with Crippen molar-refractivity contribution in [2.75, 3.05) is 0 Å². The molecule has 1 rings (SSSR count). The number of nitrogens with two attached hydrogens (primary N) is 1. The second-order valence-electron chi connectivity index (χ2n) is 2.76. The molecule has 0 aliphatic rings. The summed E-state index contributed by atoms with van der Waals surface area (Å²) in [6.45, 7) is 3.56. The number of aliphatic hydroxyl groups is 1. The monoisotopic (exact) mass is 197 g/mol. The number of aliphatic hydroxyl groups excluding tert-OH is 1. The van der Waals surface area contributed by atoms with Gasteiger partial charge in [-0.05, 0) is 23.3 Å². The molecule has 1 aromatic carbocycles. The summed E-state index contributed by atoms with van der Waals surface area (Å²) in [4.78, 5) is 0. The van der Waals surface area contributed by atoms with E-state index >= 15 is 0 Å². The van der Waals surface area contributed by atoms with Crippen molar-refractivity contribution >= 4 is 11.6 Å². The molecule has 0 spiro atoms. The van der Waals surface area contributed by atoms with Crippen LogP contribution in [-0.4, -0.2) is 5.11 Å². The predicted molar refractivity (Wildman–Crippen MR) is 54.5 cm³/mol. The van der Waals surface area contributed by atoms with Crippen molar-refractivity contribution in [3.63, 3.8) is 0 Å². The van der Waals surface area contributed by atoms with Crippen LogP contribution >= 0.6 is 11.6 Å². The third kappa shape index (κ3) is 2.31.